The summed E-state index contributed by atoms with van der Waals surface area (Å²) in [6, 6.07) is 7.54. The van der Waals surface area contributed by atoms with Crippen LogP contribution in [0.5, 0.6) is 17.2 Å². The molecule has 5 aliphatic carbocycles. The Labute approximate surface area is 392 Å². The first-order valence-electron chi connectivity index (χ1n) is 25.3. The highest BCUT2D eigenvalue weighted by Crippen LogP contribution is 2.75. The Kier molecular flexibility index (Phi) is 10.5. The molecular formula is C56H64N4O7. The molecule has 0 saturated heterocycles. The second-order valence-electron chi connectivity index (χ2n) is 21.8. The van der Waals surface area contributed by atoms with Crippen LogP contribution in [0.15, 0.2) is 55.0 Å². The zero-order valence-electron chi connectivity index (χ0n) is 38.5. The summed E-state index contributed by atoms with van der Waals surface area (Å²) >= 11 is 0. The molecule has 10 atom stereocenters. The van der Waals surface area contributed by atoms with Crippen LogP contribution < -0.4 is 20.5 Å². The van der Waals surface area contributed by atoms with E-state index >= 15 is 0 Å². The molecule has 5 heterocycles. The minimum Gasteiger partial charge on any atom is -0.508 e. The van der Waals surface area contributed by atoms with Crippen LogP contribution in [0.3, 0.4) is 0 Å². The number of phenolic OH excluding ortho intramolecular Hbond substituents is 1. The number of aliphatic hydroxyl groups is 3. The molecule has 350 valence electrons. The number of nitrogens with two attached hydrogens (primary N) is 1. The SMILES string of the molecule is CC1C=CC(C(O)CC(=O)CCc2cc3c(cc2O)OC#CC2(CCCC2)C2C#CC(O)c4ccc5c6c4C(c4c[nH]c7cn(cc47)C2O3)C2(CCCC2)C2(CCCC2)C6CNC5N)C(O)C1. The number of benzene rings is 2. The van der Waals surface area contributed by atoms with Gasteiger partial charge in [0.25, 0.3) is 0 Å². The molecule has 3 spiro atoms. The van der Waals surface area contributed by atoms with E-state index in [0.29, 0.717) is 23.7 Å². The van der Waals surface area contributed by atoms with Crippen LogP contribution >= 0.6 is 0 Å². The largest absolute Gasteiger partial charge is 0.508 e. The normalized spacial score (nSPS) is 31.7. The summed E-state index contributed by atoms with van der Waals surface area (Å²) in [5.41, 5.74) is 13.8. The zero-order chi connectivity index (χ0) is 45.8. The maximum atomic E-state index is 13.3. The van der Waals surface area contributed by atoms with Gasteiger partial charge >= 0.3 is 0 Å². The van der Waals surface area contributed by atoms with Crippen LogP contribution in [0.25, 0.3) is 10.9 Å². The first-order valence-corrected chi connectivity index (χ1v) is 25.3. The van der Waals surface area contributed by atoms with Crippen molar-refractivity contribution in [1.82, 2.24) is 14.9 Å². The van der Waals surface area contributed by atoms with E-state index in [4.69, 9.17) is 15.2 Å². The molecule has 0 amide bonds. The number of aromatic amines is 1. The highest BCUT2D eigenvalue weighted by atomic mass is 16.5. The molecular weight excluding hydrogens is 841 g/mol. The van der Waals surface area contributed by atoms with Gasteiger partial charge in [0.15, 0.2) is 17.7 Å². The lowest BCUT2D eigenvalue weighted by Gasteiger charge is -2.62. The fourth-order valence-electron chi connectivity index (χ4n) is 15.3. The predicted molar refractivity (Wildman–Crippen MR) is 254 cm³/mol. The topological polar surface area (TPSA) is 175 Å². The Morgan fingerprint density at radius 1 is 0.925 bits per heavy atom. The summed E-state index contributed by atoms with van der Waals surface area (Å²) in [5.74, 6) is 10.7. The number of phenols is 1. The third-order valence-corrected chi connectivity index (χ3v) is 18.4. The second-order valence-corrected chi connectivity index (χ2v) is 21.8. The number of nitrogens with one attached hydrogen (secondary N) is 2. The fourth-order valence-corrected chi connectivity index (χ4v) is 15.3. The lowest BCUT2D eigenvalue weighted by molar-refractivity contribution is -0.122. The zero-order valence-corrected chi connectivity index (χ0v) is 38.5. The summed E-state index contributed by atoms with van der Waals surface area (Å²) in [4.78, 5) is 17.1. The Bertz CT molecular complexity index is 2780. The van der Waals surface area contributed by atoms with Crippen molar-refractivity contribution in [2.45, 2.75) is 152 Å². The monoisotopic (exact) mass is 904 g/mol. The van der Waals surface area contributed by atoms with E-state index in [2.05, 4.69) is 69.5 Å². The molecule has 3 fully saturated rings. The minimum absolute atomic E-state index is 0.00609. The van der Waals surface area contributed by atoms with Crippen molar-refractivity contribution in [3.05, 3.63) is 88.4 Å². The molecule has 3 saturated carbocycles. The van der Waals surface area contributed by atoms with E-state index in [0.717, 1.165) is 67.1 Å². The molecule has 8 N–H and O–H groups in total. The number of fused-ring (bicyclic) bond motifs is 9. The Morgan fingerprint density at radius 2 is 1.67 bits per heavy atom. The van der Waals surface area contributed by atoms with E-state index in [1.165, 1.54) is 61.3 Å². The first kappa shape index (κ1) is 43.3. The van der Waals surface area contributed by atoms with Gasteiger partial charge in [-0.3, -0.25) is 10.1 Å². The van der Waals surface area contributed by atoms with E-state index in [1.807, 2.05) is 19.1 Å². The van der Waals surface area contributed by atoms with Gasteiger partial charge in [-0.25, -0.2) is 0 Å². The summed E-state index contributed by atoms with van der Waals surface area (Å²) in [6.07, 6.45) is 23.4. The number of aryl methyl sites for hydroxylation is 1. The van der Waals surface area contributed by atoms with E-state index in [9.17, 15) is 25.2 Å². The van der Waals surface area contributed by atoms with Crippen molar-refractivity contribution >= 4 is 16.7 Å². The summed E-state index contributed by atoms with van der Waals surface area (Å²) in [5, 5.41) is 50.6. The summed E-state index contributed by atoms with van der Waals surface area (Å²) < 4.78 is 15.6. The van der Waals surface area contributed by atoms with E-state index < -0.39 is 41.8 Å². The van der Waals surface area contributed by atoms with Crippen molar-refractivity contribution in [2.75, 3.05) is 6.54 Å². The summed E-state index contributed by atoms with van der Waals surface area (Å²) in [6.45, 7) is 2.86. The predicted octanol–water partition coefficient (Wildman–Crippen LogP) is 8.57. The first-order chi connectivity index (χ1) is 32.5. The number of nitrogens with zero attached hydrogens (tertiary/aromatic N) is 1. The number of aromatic hydroxyl groups is 1. The fraction of sp³-hybridized carbons (Fsp3) is 0.554. The molecule has 4 aromatic rings. The number of carbonyl (C=O) groups excluding carboxylic acids is 1. The third kappa shape index (κ3) is 6.70. The average molecular weight is 905 g/mol. The molecule has 8 aliphatic rings. The molecule has 2 bridgehead atoms. The van der Waals surface area contributed by atoms with Gasteiger partial charge in [0.2, 0.25) is 0 Å². The van der Waals surface area contributed by atoms with Crippen molar-refractivity contribution < 1.29 is 34.7 Å². The van der Waals surface area contributed by atoms with Gasteiger partial charge in [0.05, 0.1) is 35.2 Å². The molecule has 3 aliphatic heterocycles. The number of allylic oxidation sites excluding steroid dienone is 1. The van der Waals surface area contributed by atoms with Crippen LogP contribution in [0.2, 0.25) is 0 Å². The smallest absolute Gasteiger partial charge is 0.191 e. The van der Waals surface area contributed by atoms with Crippen molar-refractivity contribution in [2.24, 2.45) is 39.7 Å². The number of ether oxygens (including phenoxy) is 2. The lowest BCUT2D eigenvalue weighted by atomic mass is 9.43. The standard InChI is InChI=1S/C56H64N4O7/c1-32-8-11-35(45(64)24-32)46(65)26-34(61)10-9-33-25-48-47(27-44(33)63)66-23-22-54(16-2-3-17-54)40-14-15-43(62)36-12-13-37-49-41(29-59-52(37)57)55(18-4-5-19-55)56(20-6-7-21-56)51(50(36)49)38-28-58-42-31-60(30-39(38)42)53(40)67-48/h8,11-13,25,27-28,30-32,35,40-41,43,45-46,51-53,58-59,62-65H,2-7,9-10,16-21,24,26,29,57H2,1H3. The number of aromatic nitrogens is 2. The Balaban J connectivity index is 0.975. The van der Waals surface area contributed by atoms with Crippen molar-refractivity contribution in [1.29, 1.82) is 0 Å². The molecule has 11 heteroatoms. The number of H-pyrrole nitrogens is 1. The highest BCUT2D eigenvalue weighted by molar-refractivity contribution is 5.85. The molecule has 67 heavy (non-hydrogen) atoms. The number of carbonyl (C=O) groups is 1. The molecule has 11 nitrogen and oxygen atoms in total. The number of Topliss-reactive ketones (excluding diaryl/α,β-unsaturated/α-hetero) is 1. The minimum atomic E-state index is -1.07. The van der Waals surface area contributed by atoms with Gasteiger partial charge in [-0.15, -0.1) is 0 Å². The number of aliphatic hydroxyl groups excluding tert-OH is 3. The average Bonchev–Trinajstić information content (AvgIpc) is 4.17. The van der Waals surface area contributed by atoms with E-state index in [-0.39, 0.29) is 65.4 Å². The van der Waals surface area contributed by atoms with Gasteiger partial charge in [-0.2, -0.15) is 0 Å². The summed E-state index contributed by atoms with van der Waals surface area (Å²) in [7, 11) is 0. The highest BCUT2D eigenvalue weighted by Gasteiger charge is 2.66. The van der Waals surface area contributed by atoms with Crippen LogP contribution in [0, 0.1) is 57.9 Å². The van der Waals surface area contributed by atoms with Crippen LogP contribution in [-0.2, 0) is 11.2 Å². The van der Waals surface area contributed by atoms with Gasteiger partial charge in [-0.05, 0) is 108 Å². The molecule has 10 unspecified atom stereocenters. The molecule has 12 rings (SSSR count). The lowest BCUT2D eigenvalue weighted by Crippen LogP contribution is -2.56. The van der Waals surface area contributed by atoms with E-state index in [1.54, 1.807) is 6.07 Å². The maximum Gasteiger partial charge on any atom is 0.191 e. The maximum absolute atomic E-state index is 13.3. The number of hydrogen-bond acceptors (Lipinski definition) is 9. The molecule has 0 radical (unpaired) electrons. The van der Waals surface area contributed by atoms with Crippen LogP contribution in [-0.4, -0.2) is 54.5 Å². The molecule has 2 aromatic heterocycles. The number of rotatable bonds is 6. The number of ketones is 1. The van der Waals surface area contributed by atoms with Crippen molar-refractivity contribution in [3.63, 3.8) is 0 Å². The van der Waals surface area contributed by atoms with Gasteiger partial charge in [-0.1, -0.05) is 87.5 Å². The Morgan fingerprint density at radius 3 is 2.45 bits per heavy atom. The van der Waals surface area contributed by atoms with Crippen LogP contribution in [0.1, 0.15) is 167 Å². The second kappa shape index (κ2) is 16.3. The van der Waals surface area contributed by atoms with Gasteiger partial charge < -0.3 is 45.2 Å². The van der Waals surface area contributed by atoms with Gasteiger partial charge in [0, 0.05) is 67.2 Å². The quantitative estimate of drug-likeness (QED) is 0.0739. The third-order valence-electron chi connectivity index (χ3n) is 18.4. The van der Waals surface area contributed by atoms with Crippen LogP contribution in [0.4, 0.5) is 0 Å². The molecule has 2 aromatic carbocycles. The Hall–Kier alpha value is -5.01. The van der Waals surface area contributed by atoms with Crippen molar-refractivity contribution in [3.8, 4) is 41.1 Å². The number of hydrogen-bond donors (Lipinski definition) is 7. The van der Waals surface area contributed by atoms with Gasteiger partial charge in [0.1, 0.15) is 23.7 Å².